The van der Waals surface area contributed by atoms with Crippen LogP contribution in [-0.4, -0.2) is 48.2 Å². The Bertz CT molecular complexity index is 561. The molecule has 0 saturated heterocycles. The quantitative estimate of drug-likeness (QED) is 0.869. The Balaban J connectivity index is 2.00. The van der Waals surface area contributed by atoms with E-state index in [2.05, 4.69) is 0 Å². The fraction of sp³-hybridized carbons (Fsp3) is 0.579. The van der Waals surface area contributed by atoms with Gasteiger partial charge in [-0.2, -0.15) is 0 Å². The number of benzene rings is 1. The van der Waals surface area contributed by atoms with Crippen LogP contribution in [0.2, 0.25) is 0 Å². The molecule has 1 unspecified atom stereocenters. The number of carbonyl (C=O) groups is 2. The third-order valence-electron chi connectivity index (χ3n) is 5.07. The lowest BCUT2D eigenvalue weighted by Gasteiger charge is -2.34. The summed E-state index contributed by atoms with van der Waals surface area (Å²) < 4.78 is 5.36. The van der Waals surface area contributed by atoms with Crippen molar-refractivity contribution in [3.8, 4) is 0 Å². The molecule has 1 aromatic carbocycles. The van der Waals surface area contributed by atoms with E-state index in [4.69, 9.17) is 4.74 Å². The first-order valence-corrected chi connectivity index (χ1v) is 8.50. The van der Waals surface area contributed by atoms with Gasteiger partial charge < -0.3 is 14.7 Å². The predicted molar refractivity (Wildman–Crippen MR) is 92.0 cm³/mol. The number of nitrogens with zero attached hydrogens (tertiary/aromatic N) is 1. The lowest BCUT2D eigenvalue weighted by molar-refractivity contribution is -0.143. The Morgan fingerprint density at radius 1 is 1.21 bits per heavy atom. The van der Waals surface area contributed by atoms with E-state index < -0.39 is 11.9 Å². The smallest absolute Gasteiger partial charge is 0.311 e. The summed E-state index contributed by atoms with van der Waals surface area (Å²) in [5.41, 5.74) is 1.75. The average Bonchev–Trinajstić information content (AvgIpc) is 2.59. The SMILES string of the molecule is COC1CCC(N(C)C(=O)CC(C(=O)O)c2ccc(C)cc2)CC1. The second-order valence-corrected chi connectivity index (χ2v) is 6.68. The van der Waals surface area contributed by atoms with E-state index in [0.29, 0.717) is 5.56 Å². The molecule has 5 nitrogen and oxygen atoms in total. The number of aryl methyl sites for hydroxylation is 1. The van der Waals surface area contributed by atoms with E-state index in [1.165, 1.54) is 0 Å². The van der Waals surface area contributed by atoms with Crippen molar-refractivity contribution in [1.82, 2.24) is 4.90 Å². The zero-order valence-corrected chi connectivity index (χ0v) is 14.7. The molecule has 1 atom stereocenters. The van der Waals surface area contributed by atoms with E-state index in [1.807, 2.05) is 19.1 Å². The van der Waals surface area contributed by atoms with Crippen LogP contribution in [0.25, 0.3) is 0 Å². The number of methoxy groups -OCH3 is 1. The predicted octanol–water partition coefficient (Wildman–Crippen LogP) is 2.97. The molecule has 0 bridgehead atoms. The second kappa shape index (κ2) is 8.29. The molecule has 5 heteroatoms. The molecule has 0 aliphatic heterocycles. The highest BCUT2D eigenvalue weighted by molar-refractivity contribution is 5.85. The molecule has 1 N–H and O–H groups in total. The van der Waals surface area contributed by atoms with E-state index in [-0.39, 0.29) is 24.5 Å². The van der Waals surface area contributed by atoms with Gasteiger partial charge in [0, 0.05) is 26.6 Å². The number of carboxylic acids is 1. The molecule has 0 spiro atoms. The van der Waals surface area contributed by atoms with Crippen LogP contribution in [0.4, 0.5) is 0 Å². The van der Waals surface area contributed by atoms with Crippen LogP contribution >= 0.6 is 0 Å². The molecule has 1 amide bonds. The maximum Gasteiger partial charge on any atom is 0.311 e. The summed E-state index contributed by atoms with van der Waals surface area (Å²) in [6.07, 6.45) is 3.98. The molecular formula is C19H27NO4. The maximum absolute atomic E-state index is 12.6. The van der Waals surface area contributed by atoms with E-state index in [0.717, 1.165) is 31.2 Å². The first-order valence-electron chi connectivity index (χ1n) is 8.50. The summed E-state index contributed by atoms with van der Waals surface area (Å²) in [6.45, 7) is 1.95. The second-order valence-electron chi connectivity index (χ2n) is 6.68. The van der Waals surface area contributed by atoms with Crippen molar-refractivity contribution in [3.05, 3.63) is 35.4 Å². The summed E-state index contributed by atoms with van der Waals surface area (Å²) in [5, 5.41) is 9.52. The van der Waals surface area contributed by atoms with E-state index in [9.17, 15) is 14.7 Å². The topological polar surface area (TPSA) is 66.8 Å². The van der Waals surface area contributed by atoms with Crippen LogP contribution in [0.1, 0.15) is 49.1 Å². The molecule has 1 aliphatic carbocycles. The normalized spacial score (nSPS) is 22.0. The lowest BCUT2D eigenvalue weighted by atomic mass is 9.90. The molecule has 1 aromatic rings. The fourth-order valence-corrected chi connectivity index (χ4v) is 3.34. The number of carbonyl (C=O) groups excluding carboxylic acids is 1. The first kappa shape index (κ1) is 18.5. The number of carboxylic acid groups (broad SMARTS) is 1. The largest absolute Gasteiger partial charge is 0.481 e. The minimum atomic E-state index is -0.955. The standard InChI is InChI=1S/C19H27NO4/c1-13-4-6-14(7-5-13)17(19(22)23)12-18(21)20(2)15-8-10-16(24-3)11-9-15/h4-7,15-17H,8-12H2,1-3H3,(H,22,23). The highest BCUT2D eigenvalue weighted by Gasteiger charge is 2.30. The van der Waals surface area contributed by atoms with Crippen LogP contribution in [-0.2, 0) is 14.3 Å². The van der Waals surface area contributed by atoms with Crippen molar-refractivity contribution in [2.24, 2.45) is 0 Å². The zero-order valence-electron chi connectivity index (χ0n) is 14.7. The summed E-state index contributed by atoms with van der Waals surface area (Å²) in [7, 11) is 3.51. The number of hydrogen-bond donors (Lipinski definition) is 1. The molecule has 24 heavy (non-hydrogen) atoms. The molecule has 2 rings (SSSR count). The summed E-state index contributed by atoms with van der Waals surface area (Å²) >= 11 is 0. The van der Waals surface area contributed by atoms with Crippen LogP contribution in [0.5, 0.6) is 0 Å². The van der Waals surface area contributed by atoms with Gasteiger partial charge in [0.1, 0.15) is 0 Å². The van der Waals surface area contributed by atoms with E-state index in [1.54, 1.807) is 31.2 Å². The van der Waals surface area contributed by atoms with Crippen LogP contribution in [0.15, 0.2) is 24.3 Å². The number of aliphatic carboxylic acids is 1. The lowest BCUT2D eigenvalue weighted by Crippen LogP contribution is -2.41. The van der Waals surface area contributed by atoms with Gasteiger partial charge in [0.25, 0.3) is 0 Å². The average molecular weight is 333 g/mol. The summed E-state index contributed by atoms with van der Waals surface area (Å²) in [6, 6.07) is 7.53. The van der Waals surface area contributed by atoms with Crippen molar-refractivity contribution in [2.45, 2.75) is 57.1 Å². The van der Waals surface area contributed by atoms with Gasteiger partial charge in [0.2, 0.25) is 5.91 Å². The van der Waals surface area contributed by atoms with Gasteiger partial charge >= 0.3 is 5.97 Å². The Labute approximate surface area is 143 Å². The maximum atomic E-state index is 12.6. The molecule has 0 heterocycles. The summed E-state index contributed by atoms with van der Waals surface area (Å²) in [4.78, 5) is 25.9. The molecule has 1 aliphatic rings. The zero-order chi connectivity index (χ0) is 17.7. The Hall–Kier alpha value is -1.88. The van der Waals surface area contributed by atoms with Crippen molar-refractivity contribution in [1.29, 1.82) is 0 Å². The molecule has 1 saturated carbocycles. The number of amides is 1. The highest BCUT2D eigenvalue weighted by Crippen LogP contribution is 2.27. The van der Waals surface area contributed by atoms with Crippen molar-refractivity contribution >= 4 is 11.9 Å². The van der Waals surface area contributed by atoms with Gasteiger partial charge in [0.05, 0.1) is 12.0 Å². The highest BCUT2D eigenvalue weighted by atomic mass is 16.5. The third kappa shape index (κ3) is 4.57. The number of ether oxygens (including phenoxy) is 1. The van der Waals surface area contributed by atoms with Crippen molar-refractivity contribution < 1.29 is 19.4 Å². The minimum absolute atomic E-state index is 0.000892. The fourth-order valence-electron chi connectivity index (χ4n) is 3.34. The molecule has 0 aromatic heterocycles. The monoisotopic (exact) mass is 333 g/mol. The minimum Gasteiger partial charge on any atom is -0.481 e. The van der Waals surface area contributed by atoms with Gasteiger partial charge in [-0.3, -0.25) is 9.59 Å². The summed E-state index contributed by atoms with van der Waals surface area (Å²) in [5.74, 6) is -1.86. The first-order chi connectivity index (χ1) is 11.4. The van der Waals surface area contributed by atoms with Crippen molar-refractivity contribution in [2.75, 3.05) is 14.2 Å². The van der Waals surface area contributed by atoms with Crippen LogP contribution in [0, 0.1) is 6.92 Å². The van der Waals surface area contributed by atoms with Gasteiger partial charge in [-0.25, -0.2) is 0 Å². The molecule has 132 valence electrons. The van der Waals surface area contributed by atoms with Crippen molar-refractivity contribution in [3.63, 3.8) is 0 Å². The number of hydrogen-bond acceptors (Lipinski definition) is 3. The van der Waals surface area contributed by atoms with Gasteiger partial charge in [-0.15, -0.1) is 0 Å². The third-order valence-corrected chi connectivity index (χ3v) is 5.07. The van der Waals surface area contributed by atoms with Gasteiger partial charge in [0.15, 0.2) is 0 Å². The van der Waals surface area contributed by atoms with Gasteiger partial charge in [-0.1, -0.05) is 29.8 Å². The molecular weight excluding hydrogens is 306 g/mol. The molecule has 0 radical (unpaired) electrons. The number of rotatable bonds is 6. The van der Waals surface area contributed by atoms with Crippen LogP contribution < -0.4 is 0 Å². The Morgan fingerprint density at radius 2 is 1.79 bits per heavy atom. The van der Waals surface area contributed by atoms with Crippen LogP contribution in [0.3, 0.4) is 0 Å². The molecule has 1 fully saturated rings. The van der Waals surface area contributed by atoms with E-state index >= 15 is 0 Å². The van der Waals surface area contributed by atoms with Gasteiger partial charge in [-0.05, 0) is 38.2 Å². The Kier molecular flexibility index (Phi) is 6.37. The Morgan fingerprint density at radius 3 is 2.29 bits per heavy atom.